The number of hydrogen-bond donors (Lipinski definition) is 1. The van der Waals surface area contributed by atoms with Crippen molar-refractivity contribution in [1.82, 2.24) is 4.90 Å². The Hall–Kier alpha value is -2.36. The van der Waals surface area contributed by atoms with E-state index in [0.29, 0.717) is 10.5 Å². The van der Waals surface area contributed by atoms with Gasteiger partial charge in [-0.25, -0.2) is 9.69 Å². The molecular formula is C13H11NO3. The monoisotopic (exact) mass is 229 g/mol. The van der Waals surface area contributed by atoms with Crippen molar-refractivity contribution in [2.45, 2.75) is 0 Å². The van der Waals surface area contributed by atoms with Crippen LogP contribution in [0.25, 0.3) is 10.8 Å². The van der Waals surface area contributed by atoms with Crippen LogP contribution in [0.4, 0.5) is 4.79 Å². The number of amides is 2. The van der Waals surface area contributed by atoms with E-state index in [1.165, 1.54) is 7.05 Å². The van der Waals surface area contributed by atoms with Gasteiger partial charge in [-0.15, -0.1) is 0 Å². The summed E-state index contributed by atoms with van der Waals surface area (Å²) < 4.78 is 0. The number of imide groups is 1. The molecule has 4 heteroatoms. The summed E-state index contributed by atoms with van der Waals surface area (Å²) in [4.78, 5) is 23.4. The lowest BCUT2D eigenvalue weighted by Crippen LogP contribution is -2.31. The summed E-state index contributed by atoms with van der Waals surface area (Å²) in [7, 11) is 1.24. The third-order valence-electron chi connectivity index (χ3n) is 2.61. The Kier molecular flexibility index (Phi) is 2.78. The summed E-state index contributed by atoms with van der Waals surface area (Å²) in [5.74, 6) is -0.519. The van der Waals surface area contributed by atoms with Crippen molar-refractivity contribution < 1.29 is 14.7 Å². The van der Waals surface area contributed by atoms with Crippen molar-refractivity contribution in [3.05, 3.63) is 48.0 Å². The number of carbonyl (C=O) groups excluding carboxylic acids is 1. The summed E-state index contributed by atoms with van der Waals surface area (Å²) >= 11 is 0. The first kappa shape index (κ1) is 11.1. The van der Waals surface area contributed by atoms with Gasteiger partial charge in [0.15, 0.2) is 0 Å². The van der Waals surface area contributed by atoms with E-state index in [2.05, 4.69) is 0 Å². The van der Waals surface area contributed by atoms with Gasteiger partial charge < -0.3 is 5.11 Å². The zero-order chi connectivity index (χ0) is 12.4. The van der Waals surface area contributed by atoms with E-state index in [0.717, 1.165) is 10.8 Å². The van der Waals surface area contributed by atoms with Crippen LogP contribution in [0.5, 0.6) is 0 Å². The largest absolute Gasteiger partial charge is 0.465 e. The Balaban J connectivity index is 2.56. The van der Waals surface area contributed by atoms with Crippen molar-refractivity contribution in [3.63, 3.8) is 0 Å². The molecule has 0 heterocycles. The number of hydrogen-bond acceptors (Lipinski definition) is 2. The summed E-state index contributed by atoms with van der Waals surface area (Å²) in [5, 5.41) is 10.5. The van der Waals surface area contributed by atoms with Crippen molar-refractivity contribution in [2.75, 3.05) is 7.05 Å². The second-order valence-electron chi connectivity index (χ2n) is 3.67. The van der Waals surface area contributed by atoms with Crippen LogP contribution in [0.2, 0.25) is 0 Å². The Morgan fingerprint density at radius 1 is 1.06 bits per heavy atom. The van der Waals surface area contributed by atoms with Crippen LogP contribution >= 0.6 is 0 Å². The van der Waals surface area contributed by atoms with E-state index in [9.17, 15) is 9.59 Å². The summed E-state index contributed by atoms with van der Waals surface area (Å²) in [6, 6.07) is 12.6. The third kappa shape index (κ3) is 1.97. The average Bonchev–Trinajstić information content (AvgIpc) is 2.36. The fourth-order valence-corrected chi connectivity index (χ4v) is 1.68. The molecule has 0 radical (unpaired) electrons. The standard InChI is InChI=1S/C13H11NO3/c1-14(13(16)17)12(15)11-8-4-6-9-5-2-3-7-10(9)11/h2-8H,1H3,(H,16,17). The number of carbonyl (C=O) groups is 2. The number of rotatable bonds is 1. The highest BCUT2D eigenvalue weighted by Gasteiger charge is 2.18. The van der Waals surface area contributed by atoms with Gasteiger partial charge in [-0.2, -0.15) is 0 Å². The summed E-state index contributed by atoms with van der Waals surface area (Å²) in [5.41, 5.74) is 0.396. The number of benzene rings is 2. The molecule has 0 bridgehead atoms. The molecule has 0 atom stereocenters. The summed E-state index contributed by atoms with van der Waals surface area (Å²) in [6.45, 7) is 0. The van der Waals surface area contributed by atoms with Crippen LogP contribution in [0.15, 0.2) is 42.5 Å². The van der Waals surface area contributed by atoms with Crippen LogP contribution in [0, 0.1) is 0 Å². The number of nitrogens with zero attached hydrogens (tertiary/aromatic N) is 1. The molecule has 0 saturated carbocycles. The van der Waals surface area contributed by atoms with Crippen LogP contribution in [-0.2, 0) is 0 Å². The van der Waals surface area contributed by atoms with Gasteiger partial charge >= 0.3 is 6.09 Å². The highest BCUT2D eigenvalue weighted by atomic mass is 16.4. The maximum atomic E-state index is 11.9. The molecule has 0 spiro atoms. The average molecular weight is 229 g/mol. The minimum atomic E-state index is -1.26. The van der Waals surface area contributed by atoms with Crippen LogP contribution in [0.1, 0.15) is 10.4 Å². The molecule has 0 aliphatic rings. The highest BCUT2D eigenvalue weighted by molar-refractivity contribution is 6.10. The smallest absolute Gasteiger partial charge is 0.414 e. The molecule has 2 aromatic carbocycles. The zero-order valence-electron chi connectivity index (χ0n) is 9.25. The van der Waals surface area contributed by atoms with Crippen molar-refractivity contribution in [1.29, 1.82) is 0 Å². The van der Waals surface area contributed by atoms with Gasteiger partial charge in [0, 0.05) is 12.6 Å². The lowest BCUT2D eigenvalue weighted by atomic mass is 10.0. The molecule has 2 aromatic rings. The normalized spacial score (nSPS) is 10.2. The molecule has 86 valence electrons. The molecule has 0 unspecified atom stereocenters. The van der Waals surface area contributed by atoms with Crippen LogP contribution in [-0.4, -0.2) is 29.1 Å². The van der Waals surface area contributed by atoms with Gasteiger partial charge in [-0.05, 0) is 16.8 Å². The Bertz CT molecular complexity index is 587. The molecule has 0 aliphatic heterocycles. The first-order valence-corrected chi connectivity index (χ1v) is 5.10. The SMILES string of the molecule is CN(C(=O)O)C(=O)c1cccc2ccccc12. The van der Waals surface area contributed by atoms with E-state index in [4.69, 9.17) is 5.11 Å². The second kappa shape index (κ2) is 4.25. The predicted molar refractivity (Wildman–Crippen MR) is 64.1 cm³/mol. The third-order valence-corrected chi connectivity index (χ3v) is 2.61. The maximum absolute atomic E-state index is 11.9. The number of carboxylic acid groups (broad SMARTS) is 1. The van der Waals surface area contributed by atoms with E-state index >= 15 is 0 Å². The molecule has 1 N–H and O–H groups in total. The minimum absolute atomic E-state index is 0.396. The van der Waals surface area contributed by atoms with E-state index in [1.807, 2.05) is 24.3 Å². The maximum Gasteiger partial charge on any atom is 0.414 e. The quantitative estimate of drug-likeness (QED) is 0.817. The minimum Gasteiger partial charge on any atom is -0.465 e. The summed E-state index contributed by atoms with van der Waals surface area (Å²) in [6.07, 6.45) is -1.26. The van der Waals surface area contributed by atoms with Crippen LogP contribution in [0.3, 0.4) is 0 Å². The molecule has 2 amide bonds. The fourth-order valence-electron chi connectivity index (χ4n) is 1.68. The first-order valence-electron chi connectivity index (χ1n) is 5.10. The molecule has 0 aromatic heterocycles. The van der Waals surface area contributed by atoms with Gasteiger partial charge in [-0.1, -0.05) is 36.4 Å². The van der Waals surface area contributed by atoms with E-state index < -0.39 is 12.0 Å². The van der Waals surface area contributed by atoms with Crippen molar-refractivity contribution >= 4 is 22.8 Å². The van der Waals surface area contributed by atoms with E-state index in [-0.39, 0.29) is 0 Å². The Morgan fingerprint density at radius 2 is 1.71 bits per heavy atom. The lowest BCUT2D eigenvalue weighted by Gasteiger charge is -2.12. The molecule has 17 heavy (non-hydrogen) atoms. The zero-order valence-corrected chi connectivity index (χ0v) is 9.25. The van der Waals surface area contributed by atoms with Crippen molar-refractivity contribution in [2.24, 2.45) is 0 Å². The molecule has 4 nitrogen and oxygen atoms in total. The predicted octanol–water partition coefficient (Wildman–Crippen LogP) is 2.59. The van der Waals surface area contributed by atoms with Crippen LogP contribution < -0.4 is 0 Å². The molecule has 2 rings (SSSR count). The molecule has 0 aliphatic carbocycles. The Morgan fingerprint density at radius 3 is 2.41 bits per heavy atom. The topological polar surface area (TPSA) is 57.6 Å². The van der Waals surface area contributed by atoms with Gasteiger partial charge in [-0.3, -0.25) is 4.79 Å². The first-order chi connectivity index (χ1) is 8.11. The van der Waals surface area contributed by atoms with Gasteiger partial charge in [0.1, 0.15) is 0 Å². The molecule has 0 fully saturated rings. The second-order valence-corrected chi connectivity index (χ2v) is 3.67. The van der Waals surface area contributed by atoms with Gasteiger partial charge in [0.2, 0.25) is 0 Å². The molecular weight excluding hydrogens is 218 g/mol. The van der Waals surface area contributed by atoms with Gasteiger partial charge in [0.25, 0.3) is 5.91 Å². The lowest BCUT2D eigenvalue weighted by molar-refractivity contribution is 0.0783. The fraction of sp³-hybridized carbons (Fsp3) is 0.0769. The van der Waals surface area contributed by atoms with Gasteiger partial charge in [0.05, 0.1) is 0 Å². The number of fused-ring (bicyclic) bond motifs is 1. The van der Waals surface area contributed by atoms with E-state index in [1.54, 1.807) is 18.2 Å². The highest BCUT2D eigenvalue weighted by Crippen LogP contribution is 2.19. The molecule has 0 saturated heterocycles. The Labute approximate surface area is 98.1 Å². The van der Waals surface area contributed by atoms with Crippen molar-refractivity contribution in [3.8, 4) is 0 Å².